The summed E-state index contributed by atoms with van der Waals surface area (Å²) < 4.78 is 28.7. The Hall–Kier alpha value is -1.32. The van der Waals surface area contributed by atoms with Gasteiger partial charge in [0, 0.05) is 11.7 Å². The van der Waals surface area contributed by atoms with Crippen molar-refractivity contribution in [2.45, 2.75) is 52.7 Å². The van der Waals surface area contributed by atoms with Crippen LogP contribution >= 0.6 is 0 Å². The molecule has 1 aromatic carbocycles. The summed E-state index contributed by atoms with van der Waals surface area (Å²) in [5.74, 6) is 2.25. The van der Waals surface area contributed by atoms with Crippen molar-refractivity contribution in [2.75, 3.05) is 5.32 Å². The molecule has 1 saturated carbocycles. The molecule has 1 aliphatic carbocycles. The topological polar surface area (TPSA) is 21.3 Å². The van der Waals surface area contributed by atoms with E-state index in [9.17, 15) is 8.78 Å². The quantitative estimate of drug-likeness (QED) is 0.810. The molecule has 2 rings (SSSR count). The minimum atomic E-state index is -2.77. The van der Waals surface area contributed by atoms with Gasteiger partial charge in [0.05, 0.1) is 0 Å². The summed E-state index contributed by atoms with van der Waals surface area (Å²) in [4.78, 5) is 0. The molecule has 0 spiro atoms. The Labute approximate surface area is 125 Å². The molecule has 1 aliphatic rings. The van der Waals surface area contributed by atoms with Crippen molar-refractivity contribution in [2.24, 2.45) is 17.8 Å². The number of hydrogen-bond donors (Lipinski definition) is 1. The zero-order valence-electron chi connectivity index (χ0n) is 13.0. The number of rotatable bonds is 5. The summed E-state index contributed by atoms with van der Waals surface area (Å²) in [6.45, 7) is 4.07. The summed E-state index contributed by atoms with van der Waals surface area (Å²) in [7, 11) is 0. The lowest BCUT2D eigenvalue weighted by Crippen LogP contribution is -2.37. The molecular weight excluding hydrogens is 272 g/mol. The highest BCUT2D eigenvalue weighted by Crippen LogP contribution is 2.35. The van der Waals surface area contributed by atoms with Crippen LogP contribution in [-0.4, -0.2) is 12.7 Å². The van der Waals surface area contributed by atoms with E-state index in [2.05, 4.69) is 30.8 Å². The van der Waals surface area contributed by atoms with Crippen LogP contribution in [0.15, 0.2) is 24.3 Å². The monoisotopic (exact) mass is 297 g/mol. The van der Waals surface area contributed by atoms with Crippen molar-refractivity contribution in [3.8, 4) is 5.75 Å². The van der Waals surface area contributed by atoms with Gasteiger partial charge in [0.15, 0.2) is 0 Å². The first-order valence-electron chi connectivity index (χ1n) is 7.77. The van der Waals surface area contributed by atoms with Crippen LogP contribution in [-0.2, 0) is 0 Å². The highest BCUT2D eigenvalue weighted by molar-refractivity contribution is 5.47. The largest absolute Gasteiger partial charge is 0.435 e. The Morgan fingerprint density at radius 3 is 2.38 bits per heavy atom. The van der Waals surface area contributed by atoms with Gasteiger partial charge in [0.25, 0.3) is 0 Å². The zero-order chi connectivity index (χ0) is 15.4. The maximum atomic E-state index is 12.1. The lowest BCUT2D eigenvalue weighted by Gasteiger charge is -2.38. The van der Waals surface area contributed by atoms with E-state index in [4.69, 9.17) is 0 Å². The van der Waals surface area contributed by atoms with E-state index in [1.807, 2.05) is 12.1 Å². The minimum absolute atomic E-state index is 0.202. The second kappa shape index (κ2) is 7.10. The van der Waals surface area contributed by atoms with E-state index < -0.39 is 6.61 Å². The van der Waals surface area contributed by atoms with Gasteiger partial charge < -0.3 is 10.1 Å². The second-order valence-electron chi connectivity index (χ2n) is 6.48. The second-order valence-corrected chi connectivity index (χ2v) is 6.48. The lowest BCUT2D eigenvalue weighted by molar-refractivity contribution is -0.0498. The molecule has 0 aliphatic heterocycles. The number of ether oxygens (including phenoxy) is 1. The number of halogens is 2. The SMILES string of the molecule is CC1CCC(C(C)C)C(Nc2ccc(OC(F)F)cc2)C1. The summed E-state index contributed by atoms with van der Waals surface area (Å²) in [6, 6.07) is 7.26. The van der Waals surface area contributed by atoms with E-state index in [-0.39, 0.29) is 5.75 Å². The van der Waals surface area contributed by atoms with Crippen LogP contribution in [0.5, 0.6) is 5.75 Å². The van der Waals surface area contributed by atoms with Crippen molar-refractivity contribution < 1.29 is 13.5 Å². The van der Waals surface area contributed by atoms with Crippen molar-refractivity contribution >= 4 is 5.69 Å². The molecular formula is C17H25F2NO. The molecule has 2 nitrogen and oxygen atoms in total. The molecule has 0 amide bonds. The van der Waals surface area contributed by atoms with Gasteiger partial charge in [-0.3, -0.25) is 0 Å². The van der Waals surface area contributed by atoms with Gasteiger partial charge in [-0.05, 0) is 54.9 Å². The number of hydrogen-bond acceptors (Lipinski definition) is 2. The summed E-state index contributed by atoms with van der Waals surface area (Å²) in [5.41, 5.74) is 0.973. The summed E-state index contributed by atoms with van der Waals surface area (Å²) in [6.07, 6.45) is 3.71. The maximum absolute atomic E-state index is 12.1. The van der Waals surface area contributed by atoms with Crippen LogP contribution in [0.3, 0.4) is 0 Å². The molecule has 0 radical (unpaired) electrons. The van der Waals surface area contributed by atoms with Crippen molar-refractivity contribution in [3.05, 3.63) is 24.3 Å². The Balaban J connectivity index is 2.01. The van der Waals surface area contributed by atoms with Gasteiger partial charge in [-0.1, -0.05) is 27.2 Å². The van der Waals surface area contributed by atoms with Crippen LogP contribution < -0.4 is 10.1 Å². The number of nitrogens with one attached hydrogen (secondary N) is 1. The van der Waals surface area contributed by atoms with E-state index in [1.54, 1.807) is 12.1 Å². The van der Waals surface area contributed by atoms with Gasteiger partial charge >= 0.3 is 6.61 Å². The molecule has 21 heavy (non-hydrogen) atoms. The minimum Gasteiger partial charge on any atom is -0.435 e. The van der Waals surface area contributed by atoms with E-state index >= 15 is 0 Å². The average molecular weight is 297 g/mol. The van der Waals surface area contributed by atoms with Crippen LogP contribution in [0, 0.1) is 17.8 Å². The van der Waals surface area contributed by atoms with Gasteiger partial charge in [-0.25, -0.2) is 0 Å². The third kappa shape index (κ3) is 4.58. The van der Waals surface area contributed by atoms with Crippen LogP contribution in [0.25, 0.3) is 0 Å². The Kier molecular flexibility index (Phi) is 5.43. The normalized spacial score (nSPS) is 26.1. The molecule has 1 aromatic rings. The van der Waals surface area contributed by atoms with Crippen LogP contribution in [0.2, 0.25) is 0 Å². The van der Waals surface area contributed by atoms with E-state index in [0.29, 0.717) is 17.9 Å². The third-order valence-electron chi connectivity index (χ3n) is 4.45. The molecule has 1 N–H and O–H groups in total. The molecule has 3 unspecified atom stereocenters. The van der Waals surface area contributed by atoms with Gasteiger partial charge in [0.2, 0.25) is 0 Å². The number of anilines is 1. The predicted octanol–water partition coefficient (Wildman–Crippen LogP) is 5.16. The average Bonchev–Trinajstić information content (AvgIpc) is 2.40. The first kappa shape index (κ1) is 16.1. The van der Waals surface area contributed by atoms with Gasteiger partial charge in [-0.15, -0.1) is 0 Å². The molecule has 118 valence electrons. The highest BCUT2D eigenvalue weighted by atomic mass is 19.3. The molecule has 0 saturated heterocycles. The van der Waals surface area contributed by atoms with Crippen LogP contribution in [0.4, 0.5) is 14.5 Å². The Morgan fingerprint density at radius 2 is 1.81 bits per heavy atom. The number of alkyl halides is 2. The van der Waals surface area contributed by atoms with Crippen LogP contribution in [0.1, 0.15) is 40.0 Å². The van der Waals surface area contributed by atoms with Crippen molar-refractivity contribution in [1.82, 2.24) is 0 Å². The maximum Gasteiger partial charge on any atom is 0.387 e. The third-order valence-corrected chi connectivity index (χ3v) is 4.45. The fourth-order valence-electron chi connectivity index (χ4n) is 3.31. The van der Waals surface area contributed by atoms with E-state index in [1.165, 1.54) is 12.8 Å². The standard InChI is InChI=1S/C17H25F2NO/c1-11(2)15-9-4-12(3)10-16(15)20-13-5-7-14(8-6-13)21-17(18)19/h5-8,11-12,15-17,20H,4,9-10H2,1-3H3. The smallest absolute Gasteiger partial charge is 0.387 e. The summed E-state index contributed by atoms with van der Waals surface area (Å²) >= 11 is 0. The predicted molar refractivity (Wildman–Crippen MR) is 81.8 cm³/mol. The highest BCUT2D eigenvalue weighted by Gasteiger charge is 2.30. The first-order valence-corrected chi connectivity index (χ1v) is 7.77. The molecule has 1 fully saturated rings. The van der Waals surface area contributed by atoms with E-state index in [0.717, 1.165) is 18.0 Å². The molecule has 4 heteroatoms. The van der Waals surface area contributed by atoms with Crippen molar-refractivity contribution in [3.63, 3.8) is 0 Å². The molecule has 0 heterocycles. The number of benzene rings is 1. The first-order chi connectivity index (χ1) is 9.95. The zero-order valence-corrected chi connectivity index (χ0v) is 13.0. The Bertz CT molecular complexity index is 433. The van der Waals surface area contributed by atoms with Gasteiger partial charge in [-0.2, -0.15) is 8.78 Å². The van der Waals surface area contributed by atoms with Crippen molar-refractivity contribution in [1.29, 1.82) is 0 Å². The molecule has 3 atom stereocenters. The lowest BCUT2D eigenvalue weighted by atomic mass is 9.74. The van der Waals surface area contributed by atoms with Gasteiger partial charge in [0.1, 0.15) is 5.75 Å². The Morgan fingerprint density at radius 1 is 1.14 bits per heavy atom. The fourth-order valence-corrected chi connectivity index (χ4v) is 3.31. The summed E-state index contributed by atoms with van der Waals surface area (Å²) in [5, 5.41) is 3.58. The molecule has 0 bridgehead atoms. The molecule has 0 aromatic heterocycles. The fraction of sp³-hybridized carbons (Fsp3) is 0.647.